The van der Waals surface area contributed by atoms with Crippen LogP contribution in [0, 0.1) is 11.7 Å². The maximum Gasteiger partial charge on any atom is 0.255 e. The van der Waals surface area contributed by atoms with E-state index in [1.54, 1.807) is 42.6 Å². The molecule has 1 amide bonds. The predicted molar refractivity (Wildman–Crippen MR) is 136 cm³/mol. The number of nitrogens with one attached hydrogen (secondary N) is 3. The number of hydrogen-bond acceptors (Lipinski definition) is 6. The zero-order valence-electron chi connectivity index (χ0n) is 20.1. The topological polar surface area (TPSA) is 101 Å². The summed E-state index contributed by atoms with van der Waals surface area (Å²) in [4.78, 5) is 33.4. The summed E-state index contributed by atoms with van der Waals surface area (Å²) in [5, 5.41) is 9.88. The van der Waals surface area contributed by atoms with Crippen LogP contribution in [0.2, 0.25) is 0 Å². The van der Waals surface area contributed by atoms with Crippen LogP contribution in [-0.2, 0) is 4.79 Å². The molecule has 2 aliphatic rings. The van der Waals surface area contributed by atoms with E-state index >= 15 is 0 Å². The van der Waals surface area contributed by atoms with E-state index in [1.807, 2.05) is 0 Å². The third kappa shape index (κ3) is 5.62. The fourth-order valence-electron chi connectivity index (χ4n) is 5.05. The highest BCUT2D eigenvalue weighted by Gasteiger charge is 2.27. The Morgan fingerprint density at radius 3 is 2.56 bits per heavy atom. The summed E-state index contributed by atoms with van der Waals surface area (Å²) in [6.45, 7) is 1.81. The Kier molecular flexibility index (Phi) is 7.36. The Hall–Kier alpha value is -3.59. The molecule has 0 unspecified atom stereocenters. The molecule has 8 nitrogen and oxygen atoms in total. The SMILES string of the molecule is O=C(N[C@H]1CC[C@H](Nc2ncc(F)c(-c3cccc(-n4ccccc4=O)c3)n2)CC1)C1CCNCC1. The lowest BCUT2D eigenvalue weighted by atomic mass is 9.90. The molecule has 1 aromatic carbocycles. The minimum Gasteiger partial charge on any atom is -0.353 e. The van der Waals surface area contributed by atoms with Gasteiger partial charge in [0.2, 0.25) is 11.9 Å². The van der Waals surface area contributed by atoms with Crippen LogP contribution in [0.1, 0.15) is 38.5 Å². The zero-order valence-corrected chi connectivity index (χ0v) is 20.1. The fourth-order valence-corrected chi connectivity index (χ4v) is 5.05. The van der Waals surface area contributed by atoms with Crippen LogP contribution in [0.5, 0.6) is 0 Å². The van der Waals surface area contributed by atoms with E-state index < -0.39 is 5.82 Å². The average Bonchev–Trinajstić information content (AvgIpc) is 2.92. The Morgan fingerprint density at radius 1 is 1.00 bits per heavy atom. The summed E-state index contributed by atoms with van der Waals surface area (Å²) >= 11 is 0. The van der Waals surface area contributed by atoms with Gasteiger partial charge >= 0.3 is 0 Å². The molecule has 1 aliphatic heterocycles. The number of amides is 1. The van der Waals surface area contributed by atoms with Crippen molar-refractivity contribution in [1.82, 2.24) is 25.2 Å². The van der Waals surface area contributed by atoms with Gasteiger partial charge in [0.25, 0.3) is 5.56 Å². The molecule has 1 aliphatic carbocycles. The number of rotatable bonds is 6. The van der Waals surface area contributed by atoms with Crippen LogP contribution in [-0.4, -0.2) is 45.6 Å². The van der Waals surface area contributed by atoms with E-state index in [2.05, 4.69) is 25.9 Å². The van der Waals surface area contributed by atoms with Gasteiger partial charge in [-0.2, -0.15) is 0 Å². The number of benzene rings is 1. The van der Waals surface area contributed by atoms with Crippen LogP contribution in [0.15, 0.2) is 59.7 Å². The summed E-state index contributed by atoms with van der Waals surface area (Å²) < 4.78 is 16.2. The van der Waals surface area contributed by atoms with Gasteiger partial charge in [-0.25, -0.2) is 14.4 Å². The number of halogens is 1. The van der Waals surface area contributed by atoms with Gasteiger partial charge in [-0.3, -0.25) is 14.2 Å². The van der Waals surface area contributed by atoms with Crippen molar-refractivity contribution in [3.8, 4) is 16.9 Å². The molecule has 3 N–H and O–H groups in total. The molecule has 9 heteroatoms. The fraction of sp³-hybridized carbons (Fsp3) is 0.407. The summed E-state index contributed by atoms with van der Waals surface area (Å²) in [6, 6.07) is 12.4. The van der Waals surface area contributed by atoms with E-state index in [9.17, 15) is 14.0 Å². The number of nitrogens with zero attached hydrogens (tertiary/aromatic N) is 3. The molecule has 36 heavy (non-hydrogen) atoms. The van der Waals surface area contributed by atoms with Crippen molar-refractivity contribution >= 4 is 11.9 Å². The van der Waals surface area contributed by atoms with Gasteiger partial charge in [-0.1, -0.05) is 18.2 Å². The van der Waals surface area contributed by atoms with Crippen molar-refractivity contribution < 1.29 is 9.18 Å². The lowest BCUT2D eigenvalue weighted by molar-refractivity contribution is -0.126. The first-order valence-electron chi connectivity index (χ1n) is 12.7. The Morgan fingerprint density at radius 2 is 1.78 bits per heavy atom. The zero-order chi connectivity index (χ0) is 24.9. The quantitative estimate of drug-likeness (QED) is 0.490. The smallest absolute Gasteiger partial charge is 0.255 e. The second-order valence-corrected chi connectivity index (χ2v) is 9.58. The van der Waals surface area contributed by atoms with Crippen LogP contribution in [0.25, 0.3) is 16.9 Å². The number of piperidine rings is 1. The van der Waals surface area contributed by atoms with Crippen LogP contribution >= 0.6 is 0 Å². The summed E-state index contributed by atoms with van der Waals surface area (Å²) in [5.74, 6) is 0.143. The minimum atomic E-state index is -0.526. The number of anilines is 1. The van der Waals surface area contributed by atoms with E-state index in [0.29, 0.717) is 17.2 Å². The Bertz CT molecular complexity index is 1260. The van der Waals surface area contributed by atoms with Crippen LogP contribution < -0.4 is 21.5 Å². The van der Waals surface area contributed by atoms with Gasteiger partial charge < -0.3 is 16.0 Å². The van der Waals surface area contributed by atoms with Crippen molar-refractivity contribution in [2.24, 2.45) is 5.92 Å². The number of hydrogen-bond donors (Lipinski definition) is 3. The van der Waals surface area contributed by atoms with Crippen molar-refractivity contribution in [2.45, 2.75) is 50.6 Å². The predicted octanol–water partition coefficient (Wildman–Crippen LogP) is 3.27. The molecule has 1 saturated carbocycles. The maximum absolute atomic E-state index is 14.7. The average molecular weight is 491 g/mol. The lowest BCUT2D eigenvalue weighted by Gasteiger charge is -2.31. The normalized spacial score (nSPS) is 20.6. The second kappa shape index (κ2) is 11.0. The van der Waals surface area contributed by atoms with Crippen LogP contribution in [0.3, 0.4) is 0 Å². The first-order valence-corrected chi connectivity index (χ1v) is 12.7. The van der Waals surface area contributed by atoms with Crippen LogP contribution in [0.4, 0.5) is 10.3 Å². The van der Waals surface area contributed by atoms with E-state index in [1.165, 1.54) is 16.8 Å². The molecule has 5 rings (SSSR count). The lowest BCUT2D eigenvalue weighted by Crippen LogP contribution is -2.45. The van der Waals surface area contributed by atoms with Crippen molar-refractivity contribution in [3.05, 3.63) is 71.0 Å². The molecule has 0 radical (unpaired) electrons. The first-order chi connectivity index (χ1) is 17.6. The molecule has 2 fully saturated rings. The number of carbonyl (C=O) groups excluding carboxylic acids is 1. The molecule has 0 atom stereocenters. The maximum atomic E-state index is 14.7. The van der Waals surface area contributed by atoms with Gasteiger partial charge in [-0.05, 0) is 69.8 Å². The number of pyridine rings is 1. The number of aromatic nitrogens is 3. The molecule has 2 aromatic heterocycles. The molecular formula is C27H31FN6O2. The number of carbonyl (C=O) groups is 1. The van der Waals surface area contributed by atoms with Crippen molar-refractivity contribution in [2.75, 3.05) is 18.4 Å². The molecule has 0 spiro atoms. The highest BCUT2D eigenvalue weighted by molar-refractivity contribution is 5.79. The van der Waals surface area contributed by atoms with Gasteiger partial charge in [0, 0.05) is 41.5 Å². The van der Waals surface area contributed by atoms with Gasteiger partial charge in [0.05, 0.1) is 6.20 Å². The first kappa shape index (κ1) is 24.1. The van der Waals surface area contributed by atoms with E-state index in [0.717, 1.165) is 51.6 Å². The Balaban J connectivity index is 1.22. The largest absolute Gasteiger partial charge is 0.353 e. The highest BCUT2D eigenvalue weighted by atomic mass is 19.1. The monoisotopic (exact) mass is 490 g/mol. The van der Waals surface area contributed by atoms with Crippen molar-refractivity contribution in [1.29, 1.82) is 0 Å². The minimum absolute atomic E-state index is 0.118. The molecule has 188 valence electrons. The Labute approximate surface area is 209 Å². The standard InChI is InChI=1S/C27H31FN6O2/c28-23-17-30-27(32-21-9-7-20(8-10-21)31-26(36)18-11-13-29-14-12-18)33-25(23)19-4-3-5-22(16-19)34-15-2-1-6-24(34)35/h1-6,15-18,20-21,29H,7-14H2,(H,31,36)(H,30,32,33)/t20-,21-. The van der Waals surface area contributed by atoms with Gasteiger partial charge in [0.1, 0.15) is 5.69 Å². The molecular weight excluding hydrogens is 459 g/mol. The summed E-state index contributed by atoms with van der Waals surface area (Å²) in [6.07, 6.45) is 8.18. The third-order valence-electron chi connectivity index (χ3n) is 7.08. The molecule has 1 saturated heterocycles. The van der Waals surface area contributed by atoms with Crippen molar-refractivity contribution in [3.63, 3.8) is 0 Å². The highest BCUT2D eigenvalue weighted by Crippen LogP contribution is 2.26. The van der Waals surface area contributed by atoms with E-state index in [4.69, 9.17) is 0 Å². The summed E-state index contributed by atoms with van der Waals surface area (Å²) in [7, 11) is 0. The van der Waals surface area contributed by atoms with E-state index in [-0.39, 0.29) is 35.2 Å². The molecule has 3 aromatic rings. The summed E-state index contributed by atoms with van der Waals surface area (Å²) in [5.41, 5.74) is 1.22. The molecule has 3 heterocycles. The second-order valence-electron chi connectivity index (χ2n) is 9.58. The third-order valence-corrected chi connectivity index (χ3v) is 7.08. The van der Waals surface area contributed by atoms with Gasteiger partial charge in [-0.15, -0.1) is 0 Å². The molecule has 0 bridgehead atoms. The van der Waals surface area contributed by atoms with Gasteiger partial charge in [0.15, 0.2) is 5.82 Å².